The highest BCUT2D eigenvalue weighted by Gasteiger charge is 2.11. The summed E-state index contributed by atoms with van der Waals surface area (Å²) < 4.78 is 0. The van der Waals surface area contributed by atoms with Crippen LogP contribution in [0, 0.1) is 0 Å². The van der Waals surface area contributed by atoms with Gasteiger partial charge in [0.25, 0.3) is 11.8 Å². The Labute approximate surface area is 187 Å². The van der Waals surface area contributed by atoms with Crippen LogP contribution in [-0.2, 0) is 0 Å². The van der Waals surface area contributed by atoms with Gasteiger partial charge >= 0.3 is 0 Å². The Morgan fingerprint density at radius 2 is 1.16 bits per heavy atom. The van der Waals surface area contributed by atoms with Gasteiger partial charge in [-0.15, -0.1) is 0 Å². The number of rotatable bonds is 6. The number of hydrazone groups is 2. The lowest BCUT2D eigenvalue weighted by molar-refractivity contribution is 0.0944. The summed E-state index contributed by atoms with van der Waals surface area (Å²) in [6, 6.07) is 14.7. The molecule has 5 N–H and O–H groups in total. The summed E-state index contributed by atoms with van der Waals surface area (Å²) >= 11 is 6.06. The molecule has 0 heterocycles. The summed E-state index contributed by atoms with van der Waals surface area (Å²) in [6.45, 7) is 0. The van der Waals surface area contributed by atoms with E-state index in [0.717, 1.165) is 12.4 Å². The molecular formula is C22H17ClN4O5. The van der Waals surface area contributed by atoms with Crippen molar-refractivity contribution in [3.8, 4) is 17.2 Å². The number of carbonyl (C=O) groups is 2. The van der Waals surface area contributed by atoms with Crippen LogP contribution in [0.2, 0.25) is 5.02 Å². The number of hydrogen-bond donors (Lipinski definition) is 5. The van der Waals surface area contributed by atoms with Crippen LogP contribution in [0.3, 0.4) is 0 Å². The van der Waals surface area contributed by atoms with Crippen LogP contribution in [0.1, 0.15) is 31.8 Å². The van der Waals surface area contributed by atoms with Gasteiger partial charge < -0.3 is 15.3 Å². The number of nitrogens with one attached hydrogen (secondary N) is 2. The van der Waals surface area contributed by atoms with Crippen molar-refractivity contribution in [2.75, 3.05) is 0 Å². The van der Waals surface area contributed by atoms with Gasteiger partial charge in [0.15, 0.2) is 0 Å². The molecule has 3 aromatic rings. The predicted octanol–water partition coefficient (Wildman–Crippen LogP) is 2.98. The second-order valence-electron chi connectivity index (χ2n) is 6.37. The fraction of sp³-hybridized carbons (Fsp3) is 0. The van der Waals surface area contributed by atoms with E-state index in [1.807, 2.05) is 0 Å². The largest absolute Gasteiger partial charge is 0.507 e. The van der Waals surface area contributed by atoms with Gasteiger partial charge in [-0.25, -0.2) is 10.9 Å². The molecule has 0 atom stereocenters. The minimum absolute atomic E-state index is 0.0352. The minimum atomic E-state index is -0.644. The van der Waals surface area contributed by atoms with Gasteiger partial charge in [-0.1, -0.05) is 35.9 Å². The standard InChI is InChI=1S/C22H17ClN4O5/c23-15-9-13(11-24-26-21(31)16-5-1-3-7-18(16)28)20(30)14(10-15)12-25-27-22(32)17-6-2-4-8-19(17)29/h1-12,28-30H,(H,26,31)(H,27,32)/b24-11+,25-12+. The molecule has 0 saturated heterocycles. The third-order valence-corrected chi connectivity index (χ3v) is 4.39. The van der Waals surface area contributed by atoms with E-state index >= 15 is 0 Å². The molecule has 2 amide bonds. The average molecular weight is 453 g/mol. The number of benzene rings is 3. The first kappa shape index (κ1) is 22.3. The molecule has 9 nitrogen and oxygen atoms in total. The molecular weight excluding hydrogens is 436 g/mol. The van der Waals surface area contributed by atoms with E-state index in [1.165, 1.54) is 36.4 Å². The number of carbonyl (C=O) groups excluding carboxylic acids is 2. The Hall–Kier alpha value is -4.37. The monoisotopic (exact) mass is 452 g/mol. The van der Waals surface area contributed by atoms with Crippen LogP contribution in [0.15, 0.2) is 70.9 Å². The van der Waals surface area contributed by atoms with Gasteiger partial charge in [-0.3, -0.25) is 9.59 Å². The topological polar surface area (TPSA) is 144 Å². The maximum absolute atomic E-state index is 12.1. The molecule has 0 aliphatic heterocycles. The van der Waals surface area contributed by atoms with Crippen molar-refractivity contribution in [1.29, 1.82) is 0 Å². The van der Waals surface area contributed by atoms with Crippen LogP contribution >= 0.6 is 11.6 Å². The number of halogens is 1. The summed E-state index contributed by atoms with van der Waals surface area (Å²) in [5.74, 6) is -1.94. The Morgan fingerprint density at radius 3 is 1.56 bits per heavy atom. The predicted molar refractivity (Wildman–Crippen MR) is 119 cm³/mol. The highest BCUT2D eigenvalue weighted by molar-refractivity contribution is 6.31. The Morgan fingerprint density at radius 1 is 0.750 bits per heavy atom. The van der Waals surface area contributed by atoms with Crippen molar-refractivity contribution < 1.29 is 24.9 Å². The van der Waals surface area contributed by atoms with Gasteiger partial charge in [-0.05, 0) is 36.4 Å². The van der Waals surface area contributed by atoms with Crippen molar-refractivity contribution in [3.05, 3.63) is 87.9 Å². The first-order valence-corrected chi connectivity index (χ1v) is 9.50. The van der Waals surface area contributed by atoms with E-state index in [1.54, 1.807) is 24.3 Å². The summed E-state index contributed by atoms with van der Waals surface area (Å²) in [5.41, 5.74) is 4.89. The molecule has 0 fully saturated rings. The number of amides is 2. The quantitative estimate of drug-likeness (QED) is 0.288. The summed E-state index contributed by atoms with van der Waals surface area (Å²) in [7, 11) is 0. The minimum Gasteiger partial charge on any atom is -0.507 e. The fourth-order valence-corrected chi connectivity index (χ4v) is 2.85. The lowest BCUT2D eigenvalue weighted by Gasteiger charge is -2.06. The highest BCUT2D eigenvalue weighted by Crippen LogP contribution is 2.25. The zero-order valence-corrected chi connectivity index (χ0v) is 17.1. The van der Waals surface area contributed by atoms with E-state index in [2.05, 4.69) is 21.1 Å². The second-order valence-corrected chi connectivity index (χ2v) is 6.80. The summed E-state index contributed by atoms with van der Waals surface area (Å²) in [5, 5.41) is 37.6. The van der Waals surface area contributed by atoms with E-state index in [0.29, 0.717) is 0 Å². The Bertz CT molecular complexity index is 1140. The molecule has 0 aromatic heterocycles. The van der Waals surface area contributed by atoms with Crippen LogP contribution < -0.4 is 10.9 Å². The Balaban J connectivity index is 1.71. The number of nitrogens with zero attached hydrogens (tertiary/aromatic N) is 2. The van der Waals surface area contributed by atoms with Gasteiger partial charge in [-0.2, -0.15) is 10.2 Å². The normalized spacial score (nSPS) is 11.0. The van der Waals surface area contributed by atoms with E-state index in [-0.39, 0.29) is 44.5 Å². The van der Waals surface area contributed by atoms with Crippen LogP contribution in [0.25, 0.3) is 0 Å². The molecule has 0 spiro atoms. The second kappa shape index (κ2) is 10.1. The summed E-state index contributed by atoms with van der Waals surface area (Å²) in [6.07, 6.45) is 2.33. The van der Waals surface area contributed by atoms with Gasteiger partial charge in [0.2, 0.25) is 0 Å². The zero-order valence-electron chi connectivity index (χ0n) is 16.4. The lowest BCUT2D eigenvalue weighted by Crippen LogP contribution is -2.18. The van der Waals surface area contributed by atoms with Crippen LogP contribution in [0.5, 0.6) is 17.2 Å². The fourth-order valence-electron chi connectivity index (χ4n) is 2.61. The van der Waals surface area contributed by atoms with E-state index < -0.39 is 11.8 Å². The van der Waals surface area contributed by atoms with Crippen LogP contribution in [-0.4, -0.2) is 39.6 Å². The molecule has 0 radical (unpaired) electrons. The van der Waals surface area contributed by atoms with Crippen molar-refractivity contribution in [2.24, 2.45) is 10.2 Å². The molecule has 162 valence electrons. The molecule has 0 saturated carbocycles. The Kier molecular flexibility index (Phi) is 7.04. The van der Waals surface area contributed by atoms with Gasteiger partial charge in [0.1, 0.15) is 17.2 Å². The molecule has 10 heteroatoms. The molecule has 0 bridgehead atoms. The maximum atomic E-state index is 12.1. The van der Waals surface area contributed by atoms with Crippen molar-refractivity contribution in [2.45, 2.75) is 0 Å². The molecule has 0 aliphatic rings. The average Bonchev–Trinajstić information content (AvgIpc) is 2.77. The van der Waals surface area contributed by atoms with Crippen LogP contribution in [0.4, 0.5) is 0 Å². The molecule has 3 aromatic carbocycles. The van der Waals surface area contributed by atoms with Crippen molar-refractivity contribution in [3.63, 3.8) is 0 Å². The number of aromatic hydroxyl groups is 3. The third-order valence-electron chi connectivity index (χ3n) is 4.17. The highest BCUT2D eigenvalue weighted by atomic mass is 35.5. The van der Waals surface area contributed by atoms with Crippen molar-refractivity contribution >= 4 is 35.8 Å². The molecule has 0 aliphatic carbocycles. The number of phenols is 3. The first-order valence-electron chi connectivity index (χ1n) is 9.12. The molecule has 3 rings (SSSR count). The smallest absolute Gasteiger partial charge is 0.275 e. The first-order chi connectivity index (χ1) is 15.4. The maximum Gasteiger partial charge on any atom is 0.275 e. The lowest BCUT2D eigenvalue weighted by atomic mass is 10.1. The van der Waals surface area contributed by atoms with E-state index in [4.69, 9.17) is 11.6 Å². The SMILES string of the molecule is O=C(N/N=C/c1cc(Cl)cc(/C=N/NC(=O)c2ccccc2O)c1O)c1ccccc1O. The molecule has 0 unspecified atom stereocenters. The summed E-state index contributed by atoms with van der Waals surface area (Å²) in [4.78, 5) is 24.1. The number of hydrogen-bond acceptors (Lipinski definition) is 7. The van der Waals surface area contributed by atoms with Crippen molar-refractivity contribution in [1.82, 2.24) is 10.9 Å². The third kappa shape index (κ3) is 5.41. The molecule has 32 heavy (non-hydrogen) atoms. The van der Waals surface area contributed by atoms with Gasteiger partial charge in [0.05, 0.1) is 23.6 Å². The van der Waals surface area contributed by atoms with E-state index in [9.17, 15) is 24.9 Å². The zero-order chi connectivity index (χ0) is 23.1. The van der Waals surface area contributed by atoms with Gasteiger partial charge in [0, 0.05) is 16.1 Å². The number of phenolic OH excluding ortho intramolecular Hbond substituents is 3. The number of para-hydroxylation sites is 2.